The zero-order valence-electron chi connectivity index (χ0n) is 10.1. The van der Waals surface area contributed by atoms with E-state index in [9.17, 15) is 4.79 Å². The largest absolute Gasteiger partial charge is 0.481 e. The molecule has 1 unspecified atom stereocenters. The van der Waals surface area contributed by atoms with E-state index in [2.05, 4.69) is 26.2 Å². The number of pyridine rings is 1. The first-order valence-corrected chi connectivity index (χ1v) is 6.41. The van der Waals surface area contributed by atoms with E-state index < -0.39 is 0 Å². The van der Waals surface area contributed by atoms with Crippen molar-refractivity contribution in [2.45, 2.75) is 11.8 Å². The van der Waals surface area contributed by atoms with Crippen LogP contribution in [0.5, 0.6) is 5.88 Å². The predicted octanol–water partition coefficient (Wildman–Crippen LogP) is 2.40. The molecule has 2 rings (SSSR count). The van der Waals surface area contributed by atoms with Crippen LogP contribution in [0.4, 0.5) is 5.69 Å². The topological polar surface area (TPSA) is 60.5 Å². The van der Waals surface area contributed by atoms with Crippen LogP contribution in [0, 0.1) is 0 Å². The molecular weight excluding hydrogens is 300 g/mol. The van der Waals surface area contributed by atoms with E-state index in [1.807, 2.05) is 6.07 Å². The maximum Gasteiger partial charge on any atom is 0.337 e. The summed E-state index contributed by atoms with van der Waals surface area (Å²) in [5.41, 5.74) is 2.04. The van der Waals surface area contributed by atoms with Gasteiger partial charge in [0.25, 0.3) is 0 Å². The molecule has 18 heavy (non-hydrogen) atoms. The van der Waals surface area contributed by atoms with Crippen LogP contribution in [0.2, 0.25) is 0 Å². The third-order valence-electron chi connectivity index (χ3n) is 2.52. The summed E-state index contributed by atoms with van der Waals surface area (Å²) in [6, 6.07) is 3.61. The number of hydrogen-bond acceptors (Lipinski definition) is 5. The Kier molecular flexibility index (Phi) is 3.86. The summed E-state index contributed by atoms with van der Waals surface area (Å²) in [4.78, 5) is 15.8. The van der Waals surface area contributed by atoms with Gasteiger partial charge in [0.05, 0.1) is 35.5 Å². The van der Waals surface area contributed by atoms with Gasteiger partial charge in [-0.05, 0) is 13.0 Å². The summed E-state index contributed by atoms with van der Waals surface area (Å²) in [6.45, 7) is 2.11. The van der Waals surface area contributed by atoms with Crippen LogP contribution in [-0.4, -0.2) is 24.7 Å². The molecule has 0 amide bonds. The Hall–Kier alpha value is -1.56. The molecule has 0 saturated carbocycles. The van der Waals surface area contributed by atoms with Gasteiger partial charge in [0.1, 0.15) is 0 Å². The Bertz CT molecular complexity index is 502. The van der Waals surface area contributed by atoms with E-state index in [1.165, 1.54) is 0 Å². The number of aromatic nitrogens is 1. The van der Waals surface area contributed by atoms with Crippen LogP contribution >= 0.6 is 15.9 Å². The molecule has 0 spiro atoms. The van der Waals surface area contributed by atoms with E-state index >= 15 is 0 Å². The van der Waals surface area contributed by atoms with Gasteiger partial charge < -0.3 is 14.8 Å². The van der Waals surface area contributed by atoms with Gasteiger partial charge in [-0.2, -0.15) is 0 Å². The summed E-state index contributed by atoms with van der Waals surface area (Å²) in [7, 11) is 1.55. The maximum absolute atomic E-state index is 11.8. The number of alkyl halides is 1. The lowest BCUT2D eigenvalue weighted by Gasteiger charge is -2.21. The van der Waals surface area contributed by atoms with Gasteiger partial charge in [-0.1, -0.05) is 15.9 Å². The highest BCUT2D eigenvalue weighted by Gasteiger charge is 2.28. The van der Waals surface area contributed by atoms with Gasteiger partial charge >= 0.3 is 5.97 Å². The van der Waals surface area contributed by atoms with Crippen LogP contribution in [0.15, 0.2) is 23.9 Å². The van der Waals surface area contributed by atoms with E-state index in [1.54, 1.807) is 26.3 Å². The van der Waals surface area contributed by atoms with Crippen molar-refractivity contribution in [2.75, 3.05) is 19.0 Å². The summed E-state index contributed by atoms with van der Waals surface area (Å²) in [5.74, 6) is 0.146. The smallest absolute Gasteiger partial charge is 0.337 e. The molecule has 0 aliphatic carbocycles. The highest BCUT2D eigenvalue weighted by Crippen LogP contribution is 2.38. The normalized spacial score (nSPS) is 17.3. The van der Waals surface area contributed by atoms with Gasteiger partial charge in [-0.15, -0.1) is 0 Å². The lowest BCUT2D eigenvalue weighted by molar-refractivity contribution is -0.138. The first kappa shape index (κ1) is 12.9. The third kappa shape index (κ3) is 2.33. The molecule has 96 valence electrons. The fourth-order valence-corrected chi connectivity index (χ4v) is 2.31. The predicted molar refractivity (Wildman–Crippen MR) is 70.8 cm³/mol. The minimum Gasteiger partial charge on any atom is -0.481 e. The highest BCUT2D eigenvalue weighted by atomic mass is 79.9. The van der Waals surface area contributed by atoms with E-state index in [4.69, 9.17) is 9.47 Å². The number of halogens is 1. The van der Waals surface area contributed by atoms with Crippen molar-refractivity contribution in [3.8, 4) is 5.88 Å². The Labute approximate surface area is 113 Å². The molecule has 5 nitrogen and oxygen atoms in total. The second-order valence-electron chi connectivity index (χ2n) is 3.61. The van der Waals surface area contributed by atoms with Crippen LogP contribution in [0.25, 0.3) is 0 Å². The quantitative estimate of drug-likeness (QED) is 0.686. The van der Waals surface area contributed by atoms with Gasteiger partial charge in [0, 0.05) is 12.3 Å². The van der Waals surface area contributed by atoms with Gasteiger partial charge in [-0.3, -0.25) is 0 Å². The minimum absolute atomic E-state index is 0.303. The molecule has 1 aromatic rings. The molecule has 1 aliphatic heterocycles. The molecule has 0 fully saturated rings. The Morgan fingerprint density at radius 1 is 1.56 bits per heavy atom. The summed E-state index contributed by atoms with van der Waals surface area (Å²) in [5, 5.41) is 3.02. The number of nitrogens with zero attached hydrogens (tertiary/aromatic N) is 1. The van der Waals surface area contributed by atoms with E-state index in [0.29, 0.717) is 23.8 Å². The molecule has 1 aliphatic rings. The lowest BCUT2D eigenvalue weighted by Crippen LogP contribution is -2.18. The summed E-state index contributed by atoms with van der Waals surface area (Å²) >= 11 is 3.46. The molecule has 0 radical (unpaired) electrons. The van der Waals surface area contributed by atoms with E-state index in [-0.39, 0.29) is 10.8 Å². The Morgan fingerprint density at radius 3 is 3.00 bits per heavy atom. The van der Waals surface area contributed by atoms with Crippen LogP contribution < -0.4 is 10.1 Å². The van der Waals surface area contributed by atoms with Gasteiger partial charge in [0.2, 0.25) is 5.88 Å². The molecule has 1 N–H and O–H groups in total. The fraction of sp³-hybridized carbons (Fsp3) is 0.333. The number of nitrogens with one attached hydrogen (secondary N) is 1. The molecule has 2 heterocycles. The zero-order chi connectivity index (χ0) is 13.1. The monoisotopic (exact) mass is 312 g/mol. The minimum atomic E-state index is -0.359. The molecule has 0 aromatic carbocycles. The van der Waals surface area contributed by atoms with Crippen LogP contribution in [0.1, 0.15) is 17.4 Å². The zero-order valence-corrected chi connectivity index (χ0v) is 11.7. The standard InChI is InChI=1S/C12H13BrN2O3/c1-3-18-12(16)7-6-14-8-4-5-9(17-2)15-11(8)10(7)13/h4-6,10,14H,3H2,1-2H3. The van der Waals surface area contributed by atoms with Crippen molar-refractivity contribution in [2.24, 2.45) is 0 Å². The number of carbonyl (C=O) groups excluding carboxylic acids is 1. The second-order valence-corrected chi connectivity index (χ2v) is 4.53. The summed E-state index contributed by atoms with van der Waals surface area (Å²) < 4.78 is 10.1. The van der Waals surface area contributed by atoms with Crippen molar-refractivity contribution in [1.82, 2.24) is 4.98 Å². The third-order valence-corrected chi connectivity index (χ3v) is 3.44. The van der Waals surface area contributed by atoms with Gasteiger partial charge in [0.15, 0.2) is 0 Å². The second kappa shape index (κ2) is 5.39. The van der Waals surface area contributed by atoms with Crippen molar-refractivity contribution >= 4 is 27.6 Å². The lowest BCUT2D eigenvalue weighted by atomic mass is 10.1. The van der Waals surface area contributed by atoms with E-state index in [0.717, 1.165) is 5.69 Å². The molecule has 0 saturated heterocycles. The van der Waals surface area contributed by atoms with Crippen molar-refractivity contribution in [3.63, 3.8) is 0 Å². The number of hydrogen-bond donors (Lipinski definition) is 1. The molecule has 6 heteroatoms. The molecular formula is C12H13BrN2O3. The van der Waals surface area contributed by atoms with Crippen molar-refractivity contribution in [1.29, 1.82) is 0 Å². The number of esters is 1. The van der Waals surface area contributed by atoms with Crippen molar-refractivity contribution < 1.29 is 14.3 Å². The molecule has 1 aromatic heterocycles. The Morgan fingerprint density at radius 2 is 2.33 bits per heavy atom. The van der Waals surface area contributed by atoms with Crippen LogP contribution in [0.3, 0.4) is 0 Å². The van der Waals surface area contributed by atoms with Gasteiger partial charge in [-0.25, -0.2) is 9.78 Å². The highest BCUT2D eigenvalue weighted by molar-refractivity contribution is 9.09. The SMILES string of the molecule is CCOC(=O)C1=CNc2ccc(OC)nc2C1Br. The first-order valence-electron chi connectivity index (χ1n) is 5.50. The number of anilines is 1. The van der Waals surface area contributed by atoms with Crippen LogP contribution in [-0.2, 0) is 9.53 Å². The number of ether oxygens (including phenoxy) is 2. The number of rotatable bonds is 3. The number of fused-ring (bicyclic) bond motifs is 1. The number of carbonyl (C=O) groups is 1. The maximum atomic E-state index is 11.8. The summed E-state index contributed by atoms with van der Waals surface area (Å²) in [6.07, 6.45) is 1.63. The average Bonchev–Trinajstić information content (AvgIpc) is 2.39. The fourth-order valence-electron chi connectivity index (χ4n) is 1.64. The first-order chi connectivity index (χ1) is 8.67. The molecule has 0 bridgehead atoms. The van der Waals surface area contributed by atoms with Crippen molar-refractivity contribution in [3.05, 3.63) is 29.6 Å². The number of methoxy groups -OCH3 is 1. The average molecular weight is 313 g/mol. The molecule has 1 atom stereocenters. The Balaban J connectivity index is 2.31.